The number of hydrogen-bond donors (Lipinski definition) is 1. The average molecular weight is 423 g/mol. The van der Waals surface area contributed by atoms with Gasteiger partial charge in [-0.1, -0.05) is 25.0 Å². The first-order valence-corrected chi connectivity index (χ1v) is 10.8. The number of benzene rings is 1. The normalized spacial score (nSPS) is 15.2. The highest BCUT2D eigenvalue weighted by Crippen LogP contribution is 2.17. The molecule has 1 fully saturated rings. The first kappa shape index (κ1) is 22.4. The first-order valence-electron chi connectivity index (χ1n) is 10.8. The van der Waals surface area contributed by atoms with Gasteiger partial charge in [-0.05, 0) is 68.7 Å². The molecule has 1 aromatic heterocycles. The van der Waals surface area contributed by atoms with Gasteiger partial charge in [0.25, 0.3) is 5.91 Å². The highest BCUT2D eigenvalue weighted by Gasteiger charge is 2.21. The van der Waals surface area contributed by atoms with E-state index in [0.717, 1.165) is 37.0 Å². The van der Waals surface area contributed by atoms with Crippen molar-refractivity contribution in [1.82, 2.24) is 10.2 Å². The van der Waals surface area contributed by atoms with Crippen molar-refractivity contribution in [1.29, 1.82) is 0 Å². The molecule has 1 aromatic carbocycles. The number of rotatable bonds is 7. The molecule has 0 radical (unpaired) electrons. The third-order valence-electron chi connectivity index (χ3n) is 4.89. The molecule has 0 atom stereocenters. The lowest BCUT2D eigenvalue weighted by Crippen LogP contribution is -2.38. The maximum Gasteiger partial charge on any atom is 0.270 e. The molecule has 3 rings (SSSR count). The summed E-state index contributed by atoms with van der Waals surface area (Å²) < 4.78 is 10.9. The molecule has 164 valence electrons. The topological polar surface area (TPSA) is 71.8 Å². The van der Waals surface area contributed by atoms with E-state index >= 15 is 0 Å². The van der Waals surface area contributed by atoms with Crippen LogP contribution >= 0.6 is 0 Å². The van der Waals surface area contributed by atoms with Crippen LogP contribution in [0, 0.1) is 0 Å². The van der Waals surface area contributed by atoms with Crippen LogP contribution in [0.25, 0.3) is 12.2 Å². The highest BCUT2D eigenvalue weighted by atomic mass is 16.5. The smallest absolute Gasteiger partial charge is 0.270 e. The van der Waals surface area contributed by atoms with Gasteiger partial charge in [0.05, 0.1) is 12.4 Å². The number of carbonyl (C=O) groups is 2. The van der Waals surface area contributed by atoms with E-state index < -0.39 is 0 Å². The van der Waals surface area contributed by atoms with Gasteiger partial charge in [-0.2, -0.15) is 0 Å². The first-order chi connectivity index (χ1) is 15.0. The van der Waals surface area contributed by atoms with E-state index in [1.807, 2.05) is 43.0 Å². The van der Waals surface area contributed by atoms with Crippen LogP contribution in [0.3, 0.4) is 0 Å². The van der Waals surface area contributed by atoms with Crippen molar-refractivity contribution in [2.24, 2.45) is 0 Å². The molecule has 0 unspecified atom stereocenters. The van der Waals surface area contributed by atoms with Crippen LogP contribution < -0.4 is 10.1 Å². The minimum Gasteiger partial charge on any atom is -0.491 e. The van der Waals surface area contributed by atoms with Crippen molar-refractivity contribution >= 4 is 24.0 Å². The zero-order chi connectivity index (χ0) is 22.1. The fourth-order valence-corrected chi connectivity index (χ4v) is 3.40. The summed E-state index contributed by atoms with van der Waals surface area (Å²) in [6.07, 6.45) is 10.5. The summed E-state index contributed by atoms with van der Waals surface area (Å²) in [5.41, 5.74) is 1.07. The lowest BCUT2D eigenvalue weighted by Gasteiger charge is -2.22. The molecule has 2 heterocycles. The second kappa shape index (κ2) is 11.2. The second-order valence-corrected chi connectivity index (χ2v) is 7.84. The predicted octanol–water partition coefficient (Wildman–Crippen LogP) is 4.64. The summed E-state index contributed by atoms with van der Waals surface area (Å²) in [7, 11) is 0. The van der Waals surface area contributed by atoms with Gasteiger partial charge in [0.1, 0.15) is 17.2 Å². The third kappa shape index (κ3) is 7.17. The Kier molecular flexibility index (Phi) is 8.10. The molecule has 1 aliphatic rings. The molecule has 6 heteroatoms. The van der Waals surface area contributed by atoms with Gasteiger partial charge in [-0.3, -0.25) is 9.59 Å². The van der Waals surface area contributed by atoms with E-state index in [-0.39, 0.29) is 23.6 Å². The van der Waals surface area contributed by atoms with E-state index in [0.29, 0.717) is 18.8 Å². The van der Waals surface area contributed by atoms with Crippen LogP contribution in [-0.2, 0) is 9.59 Å². The van der Waals surface area contributed by atoms with Gasteiger partial charge in [0.15, 0.2) is 0 Å². The fourth-order valence-electron chi connectivity index (χ4n) is 3.40. The van der Waals surface area contributed by atoms with Crippen molar-refractivity contribution in [2.75, 3.05) is 13.1 Å². The molecule has 0 bridgehead atoms. The van der Waals surface area contributed by atoms with E-state index in [4.69, 9.17) is 9.15 Å². The van der Waals surface area contributed by atoms with Crippen molar-refractivity contribution < 1.29 is 18.7 Å². The zero-order valence-electron chi connectivity index (χ0n) is 18.2. The van der Waals surface area contributed by atoms with E-state index in [2.05, 4.69) is 5.32 Å². The molecular weight excluding hydrogens is 392 g/mol. The average Bonchev–Trinajstić information content (AvgIpc) is 3.12. The highest BCUT2D eigenvalue weighted by molar-refractivity contribution is 6.04. The lowest BCUT2D eigenvalue weighted by atomic mass is 10.1. The van der Waals surface area contributed by atoms with Crippen LogP contribution in [-0.4, -0.2) is 35.9 Å². The molecular formula is C25H30N2O4. The number of likely N-dealkylation sites (tertiary alicyclic amines) is 1. The summed E-state index contributed by atoms with van der Waals surface area (Å²) in [4.78, 5) is 27.5. The molecule has 0 aliphatic carbocycles. The number of nitrogens with one attached hydrogen (secondary N) is 1. The standard InChI is InChI=1S/C25H30N2O4/c1-19(2)31-22-11-9-20(10-12-22)18-23(25(29)27-15-5-3-4-6-16-27)26-24(28)14-13-21-8-7-17-30-21/h7-14,17-19H,3-6,15-16H2,1-2H3,(H,26,28)/b14-13+,23-18-. The number of amides is 2. The van der Waals surface area contributed by atoms with Gasteiger partial charge < -0.3 is 19.4 Å². The van der Waals surface area contributed by atoms with Gasteiger partial charge in [-0.15, -0.1) is 0 Å². The Morgan fingerprint density at radius 1 is 1.06 bits per heavy atom. The minimum absolute atomic E-state index is 0.0850. The number of furan rings is 1. The molecule has 2 aromatic rings. The van der Waals surface area contributed by atoms with E-state index in [1.54, 1.807) is 30.5 Å². The van der Waals surface area contributed by atoms with E-state index in [9.17, 15) is 9.59 Å². The minimum atomic E-state index is -0.384. The monoisotopic (exact) mass is 422 g/mol. The molecule has 1 saturated heterocycles. The van der Waals surface area contributed by atoms with Crippen molar-refractivity contribution in [3.8, 4) is 5.75 Å². The Morgan fingerprint density at radius 2 is 1.77 bits per heavy atom. The van der Waals surface area contributed by atoms with Crippen molar-refractivity contribution in [2.45, 2.75) is 45.6 Å². The molecule has 6 nitrogen and oxygen atoms in total. The molecule has 2 amide bonds. The van der Waals surface area contributed by atoms with Crippen LogP contribution in [0.4, 0.5) is 0 Å². The van der Waals surface area contributed by atoms with E-state index in [1.165, 1.54) is 6.08 Å². The largest absolute Gasteiger partial charge is 0.491 e. The van der Waals surface area contributed by atoms with Gasteiger partial charge >= 0.3 is 0 Å². The van der Waals surface area contributed by atoms with Gasteiger partial charge in [-0.25, -0.2) is 0 Å². The summed E-state index contributed by atoms with van der Waals surface area (Å²) in [6.45, 7) is 5.35. The molecule has 0 spiro atoms. The quantitative estimate of drug-likeness (QED) is 0.660. The maximum absolute atomic E-state index is 13.2. The van der Waals surface area contributed by atoms with Gasteiger partial charge in [0.2, 0.25) is 5.91 Å². The summed E-state index contributed by atoms with van der Waals surface area (Å²) in [5.74, 6) is 0.785. The molecule has 1 N–H and O–H groups in total. The number of carbonyl (C=O) groups excluding carboxylic acids is 2. The Balaban J connectivity index is 1.79. The summed E-state index contributed by atoms with van der Waals surface area (Å²) in [5, 5.41) is 2.76. The lowest BCUT2D eigenvalue weighted by molar-refractivity contribution is -0.128. The maximum atomic E-state index is 13.2. The Bertz CT molecular complexity index is 904. The zero-order valence-corrected chi connectivity index (χ0v) is 18.2. The fraction of sp³-hybridized carbons (Fsp3) is 0.360. The SMILES string of the molecule is CC(C)Oc1ccc(/C=C(\NC(=O)/C=C/c2ccco2)C(=O)N2CCCCCC2)cc1. The van der Waals surface area contributed by atoms with Crippen LogP contribution in [0.5, 0.6) is 5.75 Å². The Hall–Kier alpha value is -3.28. The van der Waals surface area contributed by atoms with Crippen molar-refractivity contribution in [3.05, 3.63) is 65.8 Å². The Labute approximate surface area is 183 Å². The predicted molar refractivity (Wildman–Crippen MR) is 121 cm³/mol. The van der Waals surface area contributed by atoms with Crippen molar-refractivity contribution in [3.63, 3.8) is 0 Å². The molecule has 1 aliphatic heterocycles. The number of nitrogens with zero attached hydrogens (tertiary/aromatic N) is 1. The number of ether oxygens (including phenoxy) is 1. The summed E-state index contributed by atoms with van der Waals surface area (Å²) >= 11 is 0. The van der Waals surface area contributed by atoms with Crippen LogP contribution in [0.2, 0.25) is 0 Å². The molecule has 0 saturated carbocycles. The third-order valence-corrected chi connectivity index (χ3v) is 4.89. The summed E-state index contributed by atoms with van der Waals surface area (Å²) in [6, 6.07) is 11.0. The van der Waals surface area contributed by atoms with Crippen LogP contribution in [0.15, 0.2) is 58.9 Å². The second-order valence-electron chi connectivity index (χ2n) is 7.84. The Morgan fingerprint density at radius 3 is 2.39 bits per heavy atom. The van der Waals surface area contributed by atoms with Crippen LogP contribution in [0.1, 0.15) is 50.9 Å². The molecule has 31 heavy (non-hydrogen) atoms. The van der Waals surface area contributed by atoms with Gasteiger partial charge in [0, 0.05) is 19.2 Å². The number of hydrogen-bond acceptors (Lipinski definition) is 4.